The lowest BCUT2D eigenvalue weighted by Gasteiger charge is -2.23. The highest BCUT2D eigenvalue weighted by Crippen LogP contribution is 2.16. The van der Waals surface area contributed by atoms with Crippen LogP contribution >= 0.6 is 0 Å². The molecule has 110 valence electrons. The second kappa shape index (κ2) is 8.54. The molecule has 0 bridgehead atoms. The van der Waals surface area contributed by atoms with Crippen molar-refractivity contribution in [1.29, 1.82) is 0 Å². The first-order chi connectivity index (χ1) is 9.34. The minimum absolute atomic E-state index is 0.210. The second-order valence-electron chi connectivity index (χ2n) is 5.88. The van der Waals surface area contributed by atoms with Gasteiger partial charge < -0.3 is 15.4 Å². The molecule has 1 amide bonds. The van der Waals surface area contributed by atoms with Crippen LogP contribution in [0.1, 0.15) is 51.4 Å². The number of ether oxygens (including phenoxy) is 1. The summed E-state index contributed by atoms with van der Waals surface area (Å²) in [7, 11) is 0. The van der Waals surface area contributed by atoms with Crippen molar-refractivity contribution in [2.75, 3.05) is 26.2 Å². The van der Waals surface area contributed by atoms with E-state index in [9.17, 15) is 4.79 Å². The van der Waals surface area contributed by atoms with Crippen LogP contribution in [0.5, 0.6) is 0 Å². The predicted octanol–water partition coefficient (Wildman–Crippen LogP) is 1.84. The number of carbonyl (C=O) groups is 1. The lowest BCUT2D eigenvalue weighted by molar-refractivity contribution is -0.121. The summed E-state index contributed by atoms with van der Waals surface area (Å²) in [5.41, 5.74) is 0. The number of amides is 1. The summed E-state index contributed by atoms with van der Waals surface area (Å²) in [4.78, 5) is 11.8. The summed E-state index contributed by atoms with van der Waals surface area (Å²) in [6.07, 6.45) is 9.20. The lowest BCUT2D eigenvalue weighted by atomic mass is 9.94. The molecule has 4 heteroatoms. The number of hydrogen-bond acceptors (Lipinski definition) is 3. The van der Waals surface area contributed by atoms with Gasteiger partial charge in [0.15, 0.2) is 0 Å². The molecule has 2 aliphatic rings. The number of nitrogens with one attached hydrogen (secondary N) is 2. The molecule has 0 saturated carbocycles. The van der Waals surface area contributed by atoms with Gasteiger partial charge >= 0.3 is 0 Å². The number of rotatable bonds is 6. The third kappa shape index (κ3) is 5.91. The molecule has 0 spiro atoms. The van der Waals surface area contributed by atoms with Crippen molar-refractivity contribution in [2.45, 2.75) is 57.5 Å². The highest BCUT2D eigenvalue weighted by atomic mass is 16.5. The van der Waals surface area contributed by atoms with E-state index in [0.29, 0.717) is 18.4 Å². The number of carbonyl (C=O) groups excluding carboxylic acids is 1. The molecule has 2 heterocycles. The standard InChI is InChI=1S/C15H28N2O2/c18-15(7-6-13-4-3-9-16-12-13)17-10-8-14-5-1-2-11-19-14/h13-14,16H,1-12H2,(H,17,18). The zero-order valence-corrected chi connectivity index (χ0v) is 12.0. The summed E-state index contributed by atoms with van der Waals surface area (Å²) in [6.45, 7) is 3.90. The van der Waals surface area contributed by atoms with Crippen molar-refractivity contribution in [3.8, 4) is 0 Å². The Morgan fingerprint density at radius 1 is 1.21 bits per heavy atom. The fraction of sp³-hybridized carbons (Fsp3) is 0.933. The second-order valence-corrected chi connectivity index (χ2v) is 5.88. The SMILES string of the molecule is O=C(CCC1CCCNC1)NCCC1CCCCO1. The van der Waals surface area contributed by atoms with Gasteiger partial charge in [0.1, 0.15) is 0 Å². The lowest BCUT2D eigenvalue weighted by Crippen LogP contribution is -2.32. The molecular formula is C15H28N2O2. The zero-order valence-electron chi connectivity index (χ0n) is 12.0. The van der Waals surface area contributed by atoms with E-state index in [-0.39, 0.29) is 5.91 Å². The van der Waals surface area contributed by atoms with Crippen LogP contribution in [-0.4, -0.2) is 38.3 Å². The van der Waals surface area contributed by atoms with Crippen LogP contribution in [0.15, 0.2) is 0 Å². The maximum absolute atomic E-state index is 11.8. The Labute approximate surface area is 116 Å². The highest BCUT2D eigenvalue weighted by molar-refractivity contribution is 5.75. The van der Waals surface area contributed by atoms with Gasteiger partial charge in [0.2, 0.25) is 5.91 Å². The Hall–Kier alpha value is -0.610. The van der Waals surface area contributed by atoms with Gasteiger partial charge in [0.25, 0.3) is 0 Å². The van der Waals surface area contributed by atoms with Gasteiger partial charge in [-0.25, -0.2) is 0 Å². The van der Waals surface area contributed by atoms with Crippen molar-refractivity contribution in [3.05, 3.63) is 0 Å². The first kappa shape index (κ1) is 14.8. The average molecular weight is 268 g/mol. The minimum atomic E-state index is 0.210. The fourth-order valence-corrected chi connectivity index (χ4v) is 3.00. The largest absolute Gasteiger partial charge is 0.378 e. The van der Waals surface area contributed by atoms with Crippen LogP contribution < -0.4 is 10.6 Å². The average Bonchev–Trinajstić information content (AvgIpc) is 2.47. The van der Waals surface area contributed by atoms with Gasteiger partial charge in [-0.05, 0) is 64.0 Å². The van der Waals surface area contributed by atoms with Crippen LogP contribution in [0.25, 0.3) is 0 Å². The quantitative estimate of drug-likeness (QED) is 0.773. The van der Waals surface area contributed by atoms with E-state index in [0.717, 1.165) is 45.5 Å². The van der Waals surface area contributed by atoms with E-state index < -0.39 is 0 Å². The van der Waals surface area contributed by atoms with Crippen molar-refractivity contribution in [2.24, 2.45) is 5.92 Å². The molecule has 2 unspecified atom stereocenters. The van der Waals surface area contributed by atoms with Crippen molar-refractivity contribution in [1.82, 2.24) is 10.6 Å². The van der Waals surface area contributed by atoms with E-state index in [4.69, 9.17) is 4.74 Å². The zero-order chi connectivity index (χ0) is 13.3. The summed E-state index contributed by atoms with van der Waals surface area (Å²) in [6, 6.07) is 0. The first-order valence-corrected chi connectivity index (χ1v) is 7.93. The maximum Gasteiger partial charge on any atom is 0.220 e. The fourth-order valence-electron chi connectivity index (χ4n) is 3.00. The molecule has 0 aromatic rings. The molecule has 0 aliphatic carbocycles. The Balaban J connectivity index is 1.49. The summed E-state index contributed by atoms with van der Waals surface area (Å²) >= 11 is 0. The third-order valence-electron chi connectivity index (χ3n) is 4.24. The molecule has 2 aliphatic heterocycles. The normalized spacial score (nSPS) is 28.0. The van der Waals surface area contributed by atoms with Gasteiger partial charge in [-0.3, -0.25) is 4.79 Å². The topological polar surface area (TPSA) is 50.4 Å². The van der Waals surface area contributed by atoms with Gasteiger partial charge in [-0.2, -0.15) is 0 Å². The molecular weight excluding hydrogens is 240 g/mol. The van der Waals surface area contributed by atoms with Crippen LogP contribution in [0, 0.1) is 5.92 Å². The molecule has 2 atom stereocenters. The Bertz CT molecular complexity index is 259. The first-order valence-electron chi connectivity index (χ1n) is 7.93. The molecule has 0 radical (unpaired) electrons. The highest BCUT2D eigenvalue weighted by Gasteiger charge is 2.15. The molecule has 2 saturated heterocycles. The molecule has 0 aromatic heterocycles. The molecule has 2 fully saturated rings. The molecule has 4 nitrogen and oxygen atoms in total. The van der Waals surface area contributed by atoms with E-state index in [1.165, 1.54) is 25.7 Å². The van der Waals surface area contributed by atoms with Gasteiger partial charge in [0.05, 0.1) is 6.10 Å². The maximum atomic E-state index is 11.8. The van der Waals surface area contributed by atoms with E-state index in [1.807, 2.05) is 0 Å². The van der Waals surface area contributed by atoms with Gasteiger partial charge in [0, 0.05) is 19.6 Å². The number of hydrogen-bond donors (Lipinski definition) is 2. The summed E-state index contributed by atoms with van der Waals surface area (Å²) < 4.78 is 5.66. The van der Waals surface area contributed by atoms with Crippen LogP contribution in [0.4, 0.5) is 0 Å². The van der Waals surface area contributed by atoms with E-state index in [1.54, 1.807) is 0 Å². The van der Waals surface area contributed by atoms with Crippen molar-refractivity contribution in [3.63, 3.8) is 0 Å². The van der Waals surface area contributed by atoms with Crippen molar-refractivity contribution >= 4 is 5.91 Å². The Morgan fingerprint density at radius 3 is 2.89 bits per heavy atom. The number of piperidine rings is 1. The monoisotopic (exact) mass is 268 g/mol. The third-order valence-corrected chi connectivity index (χ3v) is 4.24. The van der Waals surface area contributed by atoms with E-state index >= 15 is 0 Å². The Kier molecular flexibility index (Phi) is 6.65. The molecule has 2 rings (SSSR count). The van der Waals surface area contributed by atoms with Crippen LogP contribution in [-0.2, 0) is 9.53 Å². The molecule has 0 aromatic carbocycles. The molecule has 2 N–H and O–H groups in total. The van der Waals surface area contributed by atoms with Gasteiger partial charge in [-0.1, -0.05) is 0 Å². The van der Waals surface area contributed by atoms with E-state index in [2.05, 4.69) is 10.6 Å². The Morgan fingerprint density at radius 2 is 2.16 bits per heavy atom. The van der Waals surface area contributed by atoms with Crippen molar-refractivity contribution < 1.29 is 9.53 Å². The predicted molar refractivity (Wildman–Crippen MR) is 76.0 cm³/mol. The van der Waals surface area contributed by atoms with Crippen LogP contribution in [0.2, 0.25) is 0 Å². The smallest absolute Gasteiger partial charge is 0.220 e. The van der Waals surface area contributed by atoms with Crippen LogP contribution in [0.3, 0.4) is 0 Å². The molecule has 19 heavy (non-hydrogen) atoms. The summed E-state index contributed by atoms with van der Waals surface area (Å²) in [5.74, 6) is 0.905. The summed E-state index contributed by atoms with van der Waals surface area (Å²) in [5, 5.41) is 6.43. The minimum Gasteiger partial charge on any atom is -0.378 e. The van der Waals surface area contributed by atoms with Gasteiger partial charge in [-0.15, -0.1) is 0 Å².